The summed E-state index contributed by atoms with van der Waals surface area (Å²) >= 11 is 2.86. The summed E-state index contributed by atoms with van der Waals surface area (Å²) in [5, 5.41) is 3.11. The summed E-state index contributed by atoms with van der Waals surface area (Å²) in [6.07, 6.45) is 0. The van der Waals surface area contributed by atoms with Crippen molar-refractivity contribution in [1.29, 1.82) is 0 Å². The van der Waals surface area contributed by atoms with Crippen molar-refractivity contribution in [3.8, 4) is 0 Å². The van der Waals surface area contributed by atoms with Gasteiger partial charge in [-0.15, -0.1) is 0 Å². The Balaban J connectivity index is 0.00000162. The van der Waals surface area contributed by atoms with Gasteiger partial charge >= 0.3 is 129 Å². The molecule has 0 spiro atoms. The number of hydrogen-bond donors (Lipinski definition) is 0. The van der Waals surface area contributed by atoms with E-state index in [4.69, 9.17) is 0 Å². The maximum atomic E-state index is 3.11. The molecule has 0 aliphatic heterocycles. The van der Waals surface area contributed by atoms with Crippen LogP contribution in [0.5, 0.6) is 0 Å². The molecule has 0 aliphatic carbocycles. The molecule has 3 heteroatoms. The van der Waals surface area contributed by atoms with Gasteiger partial charge in [-0.05, 0) is 0 Å². The molecule has 0 saturated carbocycles. The molecule has 18 heavy (non-hydrogen) atoms. The fraction of sp³-hybridized carbons (Fsp3) is 0.133. The van der Waals surface area contributed by atoms with E-state index in [9.17, 15) is 0 Å². The summed E-state index contributed by atoms with van der Waals surface area (Å²) in [6, 6.07) is 20.9. The van der Waals surface area contributed by atoms with Crippen LogP contribution in [-0.4, -0.2) is 25.5 Å². The fourth-order valence-electron chi connectivity index (χ4n) is 1.73. The van der Waals surface area contributed by atoms with E-state index in [0.29, 0.717) is 0 Å². The van der Waals surface area contributed by atoms with Crippen LogP contribution in [0.4, 0.5) is 0 Å². The van der Waals surface area contributed by atoms with Crippen molar-refractivity contribution in [1.82, 2.24) is 4.90 Å². The normalized spacial score (nSPS) is 9.33. The molecule has 2 rings (SSSR count). The summed E-state index contributed by atoms with van der Waals surface area (Å²) in [6.45, 7) is 1.76. The average Bonchev–Trinajstić information content (AvgIpc) is 2.40. The Kier molecular flexibility index (Phi) is 7.09. The number of rotatable bonds is 5. The van der Waals surface area contributed by atoms with Crippen LogP contribution in [-0.2, 0) is 13.1 Å². The molecular formula is C15H14LiNSe. The van der Waals surface area contributed by atoms with Gasteiger partial charge in [-0.25, -0.2) is 0 Å². The molecular weight excluding hydrogens is 280 g/mol. The first kappa shape index (κ1) is 15.3. The average molecular weight is 294 g/mol. The zero-order chi connectivity index (χ0) is 11.9. The minimum atomic E-state index is 0. The quantitative estimate of drug-likeness (QED) is 0.408. The van der Waals surface area contributed by atoms with Crippen molar-refractivity contribution in [2.24, 2.45) is 0 Å². The molecule has 0 fully saturated rings. The molecule has 0 heterocycles. The third-order valence-corrected chi connectivity index (χ3v) is 3.10. The van der Waals surface area contributed by atoms with Crippen molar-refractivity contribution in [3.05, 3.63) is 71.8 Å². The van der Waals surface area contributed by atoms with Gasteiger partial charge in [0.2, 0.25) is 0 Å². The Morgan fingerprint density at radius 3 is 1.50 bits per heavy atom. The Hall–Kier alpha value is -0.773. The van der Waals surface area contributed by atoms with E-state index in [1.54, 1.807) is 0 Å². The number of benzene rings is 2. The van der Waals surface area contributed by atoms with Crippen molar-refractivity contribution < 1.29 is 18.9 Å². The van der Waals surface area contributed by atoms with E-state index in [1.165, 1.54) is 11.1 Å². The molecule has 0 bridgehead atoms. The third-order valence-electron chi connectivity index (χ3n) is 2.56. The Bertz CT molecular complexity index is 417. The van der Waals surface area contributed by atoms with Crippen molar-refractivity contribution >= 4 is 20.6 Å². The second kappa shape index (κ2) is 8.35. The standard InChI is InChI=1S/C15H14NSe.Li/c17-13-16(11-14-7-3-1-4-8-14)12-15-9-5-2-6-10-15;/h1-10H,11-12H2;/q-1;+1. The fourth-order valence-corrected chi connectivity index (χ4v) is 2.00. The molecule has 0 saturated heterocycles. The predicted octanol–water partition coefficient (Wildman–Crippen LogP) is -0.502. The van der Waals surface area contributed by atoms with Crippen LogP contribution in [0.3, 0.4) is 0 Å². The van der Waals surface area contributed by atoms with Crippen LogP contribution in [0, 0.1) is 0 Å². The first-order valence-corrected chi connectivity index (χ1v) is 6.45. The van der Waals surface area contributed by atoms with Crippen LogP contribution in [0.15, 0.2) is 60.7 Å². The second-order valence-electron chi connectivity index (χ2n) is 3.92. The minimum absolute atomic E-state index is 0. The van der Waals surface area contributed by atoms with E-state index >= 15 is 0 Å². The van der Waals surface area contributed by atoms with Gasteiger partial charge in [0.05, 0.1) is 0 Å². The van der Waals surface area contributed by atoms with Gasteiger partial charge in [-0.3, -0.25) is 0 Å². The molecule has 0 atom stereocenters. The van der Waals surface area contributed by atoms with Crippen LogP contribution < -0.4 is 18.9 Å². The molecule has 0 unspecified atom stereocenters. The Morgan fingerprint density at radius 1 is 0.778 bits per heavy atom. The molecule has 1 nitrogen and oxygen atoms in total. The summed E-state index contributed by atoms with van der Waals surface area (Å²) in [5.41, 5.74) is 2.59. The van der Waals surface area contributed by atoms with Crippen LogP contribution in [0.1, 0.15) is 11.1 Å². The van der Waals surface area contributed by atoms with Crippen molar-refractivity contribution in [2.45, 2.75) is 13.1 Å². The molecule has 2 aromatic rings. The van der Waals surface area contributed by atoms with E-state index < -0.39 is 0 Å². The van der Waals surface area contributed by atoms with E-state index in [-0.39, 0.29) is 18.9 Å². The molecule has 0 amide bonds. The summed E-state index contributed by atoms with van der Waals surface area (Å²) in [5.74, 6) is 0. The molecule has 0 aromatic heterocycles. The number of hydrogen-bond acceptors (Lipinski definition) is 1. The zero-order valence-corrected chi connectivity index (χ0v) is 12.3. The van der Waals surface area contributed by atoms with Crippen molar-refractivity contribution in [2.75, 3.05) is 0 Å². The summed E-state index contributed by atoms with van der Waals surface area (Å²) in [7, 11) is 0. The number of nitrogens with zero attached hydrogens (tertiary/aromatic N) is 1. The molecule has 0 aliphatic rings. The van der Waals surface area contributed by atoms with Crippen LogP contribution in [0.25, 0.3) is 0 Å². The molecule has 0 radical (unpaired) electrons. The molecule has 86 valence electrons. The Labute approximate surface area is 129 Å². The van der Waals surface area contributed by atoms with Crippen LogP contribution in [0.2, 0.25) is 0 Å². The molecule has 2 aromatic carbocycles. The van der Waals surface area contributed by atoms with Gasteiger partial charge in [-0.1, -0.05) is 0 Å². The Morgan fingerprint density at radius 2 is 1.17 bits per heavy atom. The van der Waals surface area contributed by atoms with Gasteiger partial charge in [-0.2, -0.15) is 0 Å². The monoisotopic (exact) mass is 295 g/mol. The van der Waals surface area contributed by atoms with Gasteiger partial charge < -0.3 is 0 Å². The first-order chi connectivity index (χ1) is 8.38. The second-order valence-corrected chi connectivity index (χ2v) is 4.30. The third kappa shape index (κ3) is 4.84. The van der Waals surface area contributed by atoms with Gasteiger partial charge in [0.25, 0.3) is 0 Å². The summed E-state index contributed by atoms with van der Waals surface area (Å²) in [4.78, 5) is 2.14. The molecule has 0 N–H and O–H groups in total. The maximum absolute atomic E-state index is 3.11. The first-order valence-electron chi connectivity index (χ1n) is 5.59. The van der Waals surface area contributed by atoms with Gasteiger partial charge in [0, 0.05) is 0 Å². The zero-order valence-electron chi connectivity index (χ0n) is 10.5. The van der Waals surface area contributed by atoms with E-state index in [1.807, 2.05) is 12.1 Å². The van der Waals surface area contributed by atoms with Crippen molar-refractivity contribution in [3.63, 3.8) is 0 Å². The topological polar surface area (TPSA) is 3.24 Å². The van der Waals surface area contributed by atoms with E-state index in [0.717, 1.165) is 13.1 Å². The SMILES string of the molecule is [Li+].[Se]=[C-]N(Cc1ccccc1)Cc1ccccc1. The summed E-state index contributed by atoms with van der Waals surface area (Å²) < 4.78 is 0. The van der Waals surface area contributed by atoms with E-state index in [2.05, 4.69) is 74.1 Å². The van der Waals surface area contributed by atoms with Gasteiger partial charge in [0.1, 0.15) is 0 Å². The van der Waals surface area contributed by atoms with Crippen LogP contribution >= 0.6 is 0 Å². The van der Waals surface area contributed by atoms with Gasteiger partial charge in [0.15, 0.2) is 0 Å². The predicted molar refractivity (Wildman–Crippen MR) is 72.9 cm³/mol.